The Morgan fingerprint density at radius 1 is 0.963 bits per heavy atom. The van der Waals surface area contributed by atoms with E-state index in [0.29, 0.717) is 17.0 Å². The SMILES string of the molecule is O=C(NC(=S)Nc1ccc(Oc2nc(Cl)cc(Cl)n2)cc1)c1ccccc1. The predicted molar refractivity (Wildman–Crippen MR) is 109 cm³/mol. The van der Waals surface area contributed by atoms with Gasteiger partial charge in [-0.05, 0) is 48.6 Å². The van der Waals surface area contributed by atoms with Crippen LogP contribution in [0.5, 0.6) is 11.8 Å². The first-order chi connectivity index (χ1) is 13.0. The number of aromatic nitrogens is 2. The number of hydrogen-bond donors (Lipinski definition) is 2. The molecule has 0 bridgehead atoms. The van der Waals surface area contributed by atoms with Crippen LogP contribution in [-0.4, -0.2) is 21.0 Å². The third-order valence-electron chi connectivity index (χ3n) is 3.23. The van der Waals surface area contributed by atoms with Gasteiger partial charge in [0, 0.05) is 17.3 Å². The van der Waals surface area contributed by atoms with E-state index in [-0.39, 0.29) is 27.3 Å². The fourth-order valence-corrected chi connectivity index (χ4v) is 2.67. The van der Waals surface area contributed by atoms with E-state index >= 15 is 0 Å². The Labute approximate surface area is 170 Å². The number of thiocarbonyl (C=S) groups is 1. The minimum absolute atomic E-state index is 0.0406. The smallest absolute Gasteiger partial charge is 0.324 e. The molecule has 2 aromatic carbocycles. The maximum Gasteiger partial charge on any atom is 0.324 e. The maximum atomic E-state index is 12.1. The number of nitrogens with one attached hydrogen (secondary N) is 2. The van der Waals surface area contributed by atoms with Crippen LogP contribution in [0.25, 0.3) is 0 Å². The average molecular weight is 419 g/mol. The van der Waals surface area contributed by atoms with Crippen molar-refractivity contribution in [1.29, 1.82) is 0 Å². The Bertz CT molecular complexity index is 949. The minimum atomic E-state index is -0.289. The summed E-state index contributed by atoms with van der Waals surface area (Å²) < 4.78 is 5.50. The second kappa shape index (κ2) is 8.77. The minimum Gasteiger partial charge on any atom is -0.424 e. The molecule has 0 aliphatic carbocycles. The second-order valence-electron chi connectivity index (χ2n) is 5.20. The zero-order valence-corrected chi connectivity index (χ0v) is 16.0. The van der Waals surface area contributed by atoms with Gasteiger partial charge in [0.1, 0.15) is 16.1 Å². The lowest BCUT2D eigenvalue weighted by Gasteiger charge is -2.10. The molecule has 9 heteroatoms. The first-order valence-corrected chi connectivity index (χ1v) is 8.81. The number of anilines is 1. The topological polar surface area (TPSA) is 76.1 Å². The third kappa shape index (κ3) is 5.62. The molecule has 1 heterocycles. The van der Waals surface area contributed by atoms with Gasteiger partial charge in [-0.1, -0.05) is 41.4 Å². The van der Waals surface area contributed by atoms with E-state index < -0.39 is 0 Å². The van der Waals surface area contributed by atoms with Gasteiger partial charge in [-0.15, -0.1) is 0 Å². The summed E-state index contributed by atoms with van der Waals surface area (Å²) in [5.74, 6) is 0.196. The van der Waals surface area contributed by atoms with E-state index in [0.717, 1.165) is 0 Å². The second-order valence-corrected chi connectivity index (χ2v) is 6.38. The highest BCUT2D eigenvalue weighted by Gasteiger charge is 2.08. The van der Waals surface area contributed by atoms with E-state index in [4.69, 9.17) is 40.2 Å². The molecule has 0 saturated heterocycles. The molecule has 1 amide bonds. The molecule has 3 rings (SSSR count). The van der Waals surface area contributed by atoms with Gasteiger partial charge in [0.05, 0.1) is 0 Å². The van der Waals surface area contributed by atoms with Crippen molar-refractivity contribution in [3.8, 4) is 11.8 Å². The van der Waals surface area contributed by atoms with E-state index in [9.17, 15) is 4.79 Å². The molecule has 0 saturated carbocycles. The molecule has 2 N–H and O–H groups in total. The van der Waals surface area contributed by atoms with Crippen LogP contribution < -0.4 is 15.4 Å². The molecule has 0 spiro atoms. The zero-order valence-electron chi connectivity index (χ0n) is 13.6. The number of hydrogen-bond acceptors (Lipinski definition) is 5. The molecule has 1 aromatic heterocycles. The molecule has 6 nitrogen and oxygen atoms in total. The summed E-state index contributed by atoms with van der Waals surface area (Å²) >= 11 is 16.8. The van der Waals surface area contributed by atoms with Crippen molar-refractivity contribution < 1.29 is 9.53 Å². The molecule has 0 unspecified atom stereocenters. The van der Waals surface area contributed by atoms with Gasteiger partial charge >= 0.3 is 6.01 Å². The molecule has 0 atom stereocenters. The normalized spacial score (nSPS) is 10.1. The Hall–Kier alpha value is -2.74. The molecule has 0 aliphatic heterocycles. The van der Waals surface area contributed by atoms with Gasteiger partial charge in [-0.25, -0.2) is 0 Å². The number of halogens is 2. The highest BCUT2D eigenvalue weighted by Crippen LogP contribution is 2.23. The van der Waals surface area contributed by atoms with Gasteiger partial charge < -0.3 is 10.1 Å². The van der Waals surface area contributed by atoms with Crippen molar-refractivity contribution >= 4 is 52.1 Å². The molecule has 0 aliphatic rings. The van der Waals surface area contributed by atoms with E-state index in [1.807, 2.05) is 6.07 Å². The summed E-state index contributed by atoms with van der Waals surface area (Å²) in [6.45, 7) is 0. The van der Waals surface area contributed by atoms with Crippen LogP contribution in [0.4, 0.5) is 5.69 Å². The average Bonchev–Trinajstić information content (AvgIpc) is 2.63. The summed E-state index contributed by atoms with van der Waals surface area (Å²) in [5.41, 5.74) is 1.19. The standard InChI is InChI=1S/C18H12Cl2N4O2S/c19-14-10-15(20)23-17(22-14)26-13-8-6-12(7-9-13)21-18(27)24-16(25)11-4-2-1-3-5-11/h1-10H,(H2,21,24,25,27). The number of carbonyl (C=O) groups is 1. The molecule has 0 fully saturated rings. The van der Waals surface area contributed by atoms with Gasteiger partial charge in [0.15, 0.2) is 5.11 Å². The van der Waals surface area contributed by atoms with Crippen LogP contribution in [0.1, 0.15) is 10.4 Å². The molecule has 27 heavy (non-hydrogen) atoms. The molecule has 3 aromatic rings. The van der Waals surface area contributed by atoms with Crippen LogP contribution >= 0.6 is 35.4 Å². The largest absolute Gasteiger partial charge is 0.424 e. The van der Waals surface area contributed by atoms with E-state index in [1.54, 1.807) is 48.5 Å². The number of benzene rings is 2. The summed E-state index contributed by atoms with van der Waals surface area (Å²) in [6, 6.07) is 17.1. The highest BCUT2D eigenvalue weighted by molar-refractivity contribution is 7.80. The maximum absolute atomic E-state index is 12.1. The Balaban J connectivity index is 1.58. The Morgan fingerprint density at radius 2 is 1.59 bits per heavy atom. The van der Waals surface area contributed by atoms with Crippen molar-refractivity contribution in [3.05, 3.63) is 76.5 Å². The fourth-order valence-electron chi connectivity index (χ4n) is 2.06. The molecule has 136 valence electrons. The number of nitrogens with zero attached hydrogens (tertiary/aromatic N) is 2. The van der Waals surface area contributed by atoms with Gasteiger partial charge in [0.2, 0.25) is 0 Å². The van der Waals surface area contributed by atoms with Crippen molar-refractivity contribution in [3.63, 3.8) is 0 Å². The zero-order chi connectivity index (χ0) is 19.2. The number of ether oxygens (including phenoxy) is 1. The summed E-state index contributed by atoms with van der Waals surface area (Å²) in [5, 5.41) is 6.08. The van der Waals surface area contributed by atoms with Gasteiger partial charge in [-0.2, -0.15) is 9.97 Å². The first kappa shape index (κ1) is 19.0. The highest BCUT2D eigenvalue weighted by atomic mass is 35.5. The lowest BCUT2D eigenvalue weighted by Crippen LogP contribution is -2.34. The molecule has 0 radical (unpaired) electrons. The molecular formula is C18H12Cl2N4O2S. The fraction of sp³-hybridized carbons (Fsp3) is 0. The van der Waals surface area contributed by atoms with Crippen molar-refractivity contribution in [2.24, 2.45) is 0 Å². The Kier molecular flexibility index (Phi) is 6.18. The number of amides is 1. The monoisotopic (exact) mass is 418 g/mol. The lowest BCUT2D eigenvalue weighted by atomic mass is 10.2. The van der Waals surface area contributed by atoms with Crippen LogP contribution in [0.2, 0.25) is 10.3 Å². The van der Waals surface area contributed by atoms with Crippen LogP contribution in [0, 0.1) is 0 Å². The van der Waals surface area contributed by atoms with Crippen molar-refractivity contribution in [2.75, 3.05) is 5.32 Å². The van der Waals surface area contributed by atoms with Crippen LogP contribution in [-0.2, 0) is 0 Å². The van der Waals surface area contributed by atoms with Gasteiger partial charge in [-0.3, -0.25) is 10.1 Å². The third-order valence-corrected chi connectivity index (χ3v) is 3.82. The van der Waals surface area contributed by atoms with Crippen molar-refractivity contribution in [2.45, 2.75) is 0 Å². The number of rotatable bonds is 4. The van der Waals surface area contributed by atoms with Crippen LogP contribution in [0.3, 0.4) is 0 Å². The quantitative estimate of drug-likeness (QED) is 0.472. The summed E-state index contributed by atoms with van der Waals surface area (Å²) in [7, 11) is 0. The summed E-state index contributed by atoms with van der Waals surface area (Å²) in [4.78, 5) is 19.9. The Morgan fingerprint density at radius 3 is 2.22 bits per heavy atom. The van der Waals surface area contributed by atoms with Crippen molar-refractivity contribution in [1.82, 2.24) is 15.3 Å². The predicted octanol–water partition coefficient (Wildman–Crippen LogP) is 4.70. The van der Waals surface area contributed by atoms with E-state index in [2.05, 4.69) is 20.6 Å². The lowest BCUT2D eigenvalue weighted by molar-refractivity contribution is 0.0977. The van der Waals surface area contributed by atoms with E-state index in [1.165, 1.54) is 6.07 Å². The molecular weight excluding hydrogens is 407 g/mol. The van der Waals surface area contributed by atoms with Crippen LogP contribution in [0.15, 0.2) is 60.7 Å². The van der Waals surface area contributed by atoms with Gasteiger partial charge in [0.25, 0.3) is 5.91 Å². The number of carbonyl (C=O) groups excluding carboxylic acids is 1. The summed E-state index contributed by atoms with van der Waals surface area (Å²) in [6.07, 6.45) is 0. The first-order valence-electron chi connectivity index (χ1n) is 7.65.